The van der Waals surface area contributed by atoms with Crippen molar-refractivity contribution in [1.82, 2.24) is 0 Å². The SMILES string of the molecule is C[C@@H](F)[C@H](F)c1cc([N+](=O)[O-])cc([N+](=O)[O-])c1. The van der Waals surface area contributed by atoms with Crippen LogP contribution in [0.3, 0.4) is 0 Å². The van der Waals surface area contributed by atoms with Crippen LogP contribution < -0.4 is 0 Å². The van der Waals surface area contributed by atoms with Gasteiger partial charge < -0.3 is 0 Å². The van der Waals surface area contributed by atoms with Gasteiger partial charge in [-0.1, -0.05) is 0 Å². The lowest BCUT2D eigenvalue weighted by Crippen LogP contribution is -2.06. The summed E-state index contributed by atoms with van der Waals surface area (Å²) in [5.41, 5.74) is -1.70. The summed E-state index contributed by atoms with van der Waals surface area (Å²) < 4.78 is 26.1. The lowest BCUT2D eigenvalue weighted by molar-refractivity contribution is -0.394. The lowest BCUT2D eigenvalue weighted by Gasteiger charge is -2.08. The summed E-state index contributed by atoms with van der Waals surface area (Å²) in [4.78, 5) is 19.2. The zero-order valence-electron chi connectivity index (χ0n) is 8.67. The molecule has 0 aliphatic rings. The highest BCUT2D eigenvalue weighted by Crippen LogP contribution is 2.30. The van der Waals surface area contributed by atoms with Gasteiger partial charge >= 0.3 is 0 Å². The average molecular weight is 246 g/mol. The first-order chi connectivity index (χ1) is 7.82. The number of nitrogens with zero attached hydrogens (tertiary/aromatic N) is 2. The van der Waals surface area contributed by atoms with Gasteiger partial charge in [-0.2, -0.15) is 0 Å². The minimum atomic E-state index is -2.13. The first-order valence-electron chi connectivity index (χ1n) is 4.55. The van der Waals surface area contributed by atoms with E-state index >= 15 is 0 Å². The van der Waals surface area contributed by atoms with Crippen LogP contribution in [0.25, 0.3) is 0 Å². The number of nitro benzene ring substituents is 2. The molecule has 0 amide bonds. The Kier molecular flexibility index (Phi) is 3.66. The quantitative estimate of drug-likeness (QED) is 0.603. The Balaban J connectivity index is 3.31. The van der Waals surface area contributed by atoms with Gasteiger partial charge in [-0.25, -0.2) is 8.78 Å². The Labute approximate surface area is 94.2 Å². The Bertz CT molecular complexity index is 432. The molecule has 17 heavy (non-hydrogen) atoms. The molecule has 0 N–H and O–H groups in total. The van der Waals surface area contributed by atoms with E-state index in [-0.39, 0.29) is 0 Å². The van der Waals surface area contributed by atoms with E-state index in [9.17, 15) is 29.0 Å². The van der Waals surface area contributed by atoms with Gasteiger partial charge in [0, 0.05) is 17.7 Å². The molecule has 1 aromatic carbocycles. The van der Waals surface area contributed by atoms with Crippen molar-refractivity contribution in [3.8, 4) is 0 Å². The van der Waals surface area contributed by atoms with E-state index in [2.05, 4.69) is 0 Å². The predicted molar refractivity (Wildman–Crippen MR) is 54.2 cm³/mol. The molecule has 1 aromatic rings. The molecule has 1 rings (SSSR count). The second kappa shape index (κ2) is 4.81. The predicted octanol–water partition coefficient (Wildman–Crippen LogP) is 2.87. The minimum absolute atomic E-state index is 0.416. The van der Waals surface area contributed by atoms with Gasteiger partial charge in [-0.3, -0.25) is 20.2 Å². The maximum absolute atomic E-state index is 13.3. The van der Waals surface area contributed by atoms with Crippen molar-refractivity contribution in [2.45, 2.75) is 19.3 Å². The van der Waals surface area contributed by atoms with Gasteiger partial charge in [0.1, 0.15) is 6.17 Å². The highest BCUT2D eigenvalue weighted by Gasteiger charge is 2.24. The van der Waals surface area contributed by atoms with E-state index in [4.69, 9.17) is 0 Å². The normalized spacial score (nSPS) is 14.1. The summed E-state index contributed by atoms with van der Waals surface area (Å²) >= 11 is 0. The van der Waals surface area contributed by atoms with Crippen LogP contribution in [-0.4, -0.2) is 16.0 Å². The van der Waals surface area contributed by atoms with Crippen molar-refractivity contribution in [3.05, 3.63) is 44.0 Å². The van der Waals surface area contributed by atoms with E-state index in [1.54, 1.807) is 0 Å². The summed E-state index contributed by atoms with van der Waals surface area (Å²) in [5.74, 6) is 0. The number of nitro groups is 2. The molecule has 0 spiro atoms. The topological polar surface area (TPSA) is 86.3 Å². The number of alkyl halides is 2. The summed E-state index contributed by atoms with van der Waals surface area (Å²) in [5, 5.41) is 21.0. The minimum Gasteiger partial charge on any atom is -0.258 e. The third-order valence-electron chi connectivity index (χ3n) is 2.07. The zero-order valence-corrected chi connectivity index (χ0v) is 8.67. The maximum Gasteiger partial charge on any atom is 0.276 e. The molecule has 0 saturated heterocycles. The number of hydrogen-bond donors (Lipinski definition) is 0. The number of benzene rings is 1. The van der Waals surface area contributed by atoms with Gasteiger partial charge in [0.25, 0.3) is 11.4 Å². The van der Waals surface area contributed by atoms with Gasteiger partial charge in [-0.05, 0) is 6.92 Å². The standard InChI is InChI=1S/C9H8F2N2O4/c1-5(10)9(11)6-2-7(12(14)15)4-8(3-6)13(16)17/h2-5,9H,1H3/t5-,9+/m1/s1. The van der Waals surface area contributed by atoms with Crippen LogP contribution >= 0.6 is 0 Å². The molecule has 6 nitrogen and oxygen atoms in total. The van der Waals surface area contributed by atoms with Crippen LogP contribution in [0, 0.1) is 20.2 Å². The van der Waals surface area contributed by atoms with E-state index in [0.717, 1.165) is 19.1 Å². The molecule has 0 radical (unpaired) electrons. The van der Waals surface area contributed by atoms with Crippen LogP contribution in [-0.2, 0) is 0 Å². The summed E-state index contributed by atoms with van der Waals surface area (Å²) in [6.07, 6.45) is -4.04. The van der Waals surface area contributed by atoms with E-state index < -0.39 is 39.1 Å². The number of hydrogen-bond acceptors (Lipinski definition) is 4. The molecule has 8 heteroatoms. The number of halogens is 2. The van der Waals surface area contributed by atoms with Gasteiger partial charge in [0.2, 0.25) is 0 Å². The van der Waals surface area contributed by atoms with Crippen molar-refractivity contribution < 1.29 is 18.6 Å². The molecule has 0 saturated carbocycles. The molecular weight excluding hydrogens is 238 g/mol. The fourth-order valence-electron chi connectivity index (χ4n) is 1.25. The van der Waals surface area contributed by atoms with Crippen molar-refractivity contribution in [3.63, 3.8) is 0 Å². The molecule has 0 heterocycles. The molecule has 0 aromatic heterocycles. The number of non-ortho nitro benzene ring substituents is 2. The third kappa shape index (κ3) is 2.92. The second-order valence-electron chi connectivity index (χ2n) is 3.38. The smallest absolute Gasteiger partial charge is 0.258 e. The van der Waals surface area contributed by atoms with Gasteiger partial charge in [-0.15, -0.1) is 0 Å². The Morgan fingerprint density at radius 1 is 1.06 bits per heavy atom. The lowest BCUT2D eigenvalue weighted by atomic mass is 10.1. The monoisotopic (exact) mass is 246 g/mol. The van der Waals surface area contributed by atoms with Crippen LogP contribution in [0.5, 0.6) is 0 Å². The van der Waals surface area contributed by atoms with Crippen molar-refractivity contribution >= 4 is 11.4 Å². The van der Waals surface area contributed by atoms with Crippen LogP contribution in [0.4, 0.5) is 20.2 Å². The van der Waals surface area contributed by atoms with E-state index in [1.807, 2.05) is 0 Å². The van der Waals surface area contributed by atoms with E-state index in [0.29, 0.717) is 6.07 Å². The fourth-order valence-corrected chi connectivity index (χ4v) is 1.25. The zero-order chi connectivity index (χ0) is 13.2. The highest BCUT2D eigenvalue weighted by atomic mass is 19.2. The Hall–Kier alpha value is -2.12. The molecular formula is C9H8F2N2O4. The van der Waals surface area contributed by atoms with Crippen molar-refractivity contribution in [1.29, 1.82) is 0 Å². The van der Waals surface area contributed by atoms with Crippen molar-refractivity contribution in [2.24, 2.45) is 0 Å². The van der Waals surface area contributed by atoms with Crippen molar-refractivity contribution in [2.75, 3.05) is 0 Å². The fraction of sp³-hybridized carbons (Fsp3) is 0.333. The summed E-state index contributed by atoms with van der Waals surface area (Å²) in [6.45, 7) is 0.926. The molecule has 0 bridgehead atoms. The molecule has 0 aliphatic heterocycles. The Morgan fingerprint density at radius 2 is 1.47 bits per heavy atom. The molecule has 92 valence electrons. The molecule has 2 atom stereocenters. The molecule has 0 fully saturated rings. The largest absolute Gasteiger partial charge is 0.276 e. The van der Waals surface area contributed by atoms with E-state index in [1.165, 1.54) is 0 Å². The highest BCUT2D eigenvalue weighted by molar-refractivity contribution is 5.47. The molecule has 0 unspecified atom stereocenters. The summed E-state index contributed by atoms with van der Waals surface area (Å²) in [6, 6.07) is 2.26. The van der Waals surface area contributed by atoms with Gasteiger partial charge in [0.05, 0.1) is 15.9 Å². The molecule has 0 aliphatic carbocycles. The van der Waals surface area contributed by atoms with Crippen LogP contribution in [0.2, 0.25) is 0 Å². The second-order valence-corrected chi connectivity index (χ2v) is 3.38. The van der Waals surface area contributed by atoms with Gasteiger partial charge in [0.15, 0.2) is 6.17 Å². The van der Waals surface area contributed by atoms with Crippen LogP contribution in [0.1, 0.15) is 18.7 Å². The summed E-state index contributed by atoms with van der Waals surface area (Å²) in [7, 11) is 0. The van der Waals surface area contributed by atoms with Crippen LogP contribution in [0.15, 0.2) is 18.2 Å². The first-order valence-corrected chi connectivity index (χ1v) is 4.55. The third-order valence-corrected chi connectivity index (χ3v) is 2.07. The first kappa shape index (κ1) is 12.9. The maximum atomic E-state index is 13.3. The average Bonchev–Trinajstić information content (AvgIpc) is 2.27. The Morgan fingerprint density at radius 3 is 1.76 bits per heavy atom. The number of rotatable bonds is 4.